The third-order valence-electron chi connectivity index (χ3n) is 6.01. The van der Waals surface area contributed by atoms with E-state index in [0.717, 1.165) is 11.1 Å². The summed E-state index contributed by atoms with van der Waals surface area (Å²) in [5.41, 5.74) is 3.88. The molecule has 6 atom stereocenters. The van der Waals surface area contributed by atoms with Crippen LogP contribution in [0.3, 0.4) is 0 Å². The first kappa shape index (κ1) is 23.0. The Morgan fingerprint density at radius 2 is 1.62 bits per heavy atom. The number of rotatable bonds is 6. The van der Waals surface area contributed by atoms with Crippen LogP contribution in [0.5, 0.6) is 11.5 Å². The van der Waals surface area contributed by atoms with Crippen LogP contribution in [0.25, 0.3) is 0 Å². The van der Waals surface area contributed by atoms with Crippen molar-refractivity contribution in [3.8, 4) is 11.5 Å². The van der Waals surface area contributed by atoms with Crippen molar-refractivity contribution in [3.05, 3.63) is 58.7 Å². The van der Waals surface area contributed by atoms with E-state index in [9.17, 15) is 10.2 Å². The van der Waals surface area contributed by atoms with E-state index in [-0.39, 0.29) is 6.61 Å². The molecule has 0 saturated carbocycles. The third kappa shape index (κ3) is 4.47. The van der Waals surface area contributed by atoms with Crippen molar-refractivity contribution in [1.82, 2.24) is 0 Å². The molecule has 2 unspecified atom stereocenters. The van der Waals surface area contributed by atoms with E-state index in [1.807, 2.05) is 32.0 Å². The molecule has 2 N–H and O–H groups in total. The number of hydrogen-bond acceptors (Lipinski definition) is 8. The highest BCUT2D eigenvalue weighted by Gasteiger charge is 2.48. The summed E-state index contributed by atoms with van der Waals surface area (Å²) in [5, 5.41) is 20.2. The largest absolute Gasteiger partial charge is 0.493 e. The topological polar surface area (TPSA) is 95.8 Å². The Hall–Kier alpha value is -2.20. The average molecular weight is 446 g/mol. The van der Waals surface area contributed by atoms with Crippen molar-refractivity contribution < 1.29 is 38.6 Å². The lowest BCUT2D eigenvalue weighted by Gasteiger charge is -2.47. The molecular weight excluding hydrogens is 416 g/mol. The highest BCUT2D eigenvalue weighted by Crippen LogP contribution is 2.40. The molecule has 0 aromatic heterocycles. The monoisotopic (exact) mass is 446 g/mol. The molecule has 0 spiro atoms. The van der Waals surface area contributed by atoms with E-state index in [4.69, 9.17) is 28.4 Å². The maximum Gasteiger partial charge on any atom is 0.185 e. The first-order valence-corrected chi connectivity index (χ1v) is 10.6. The molecule has 4 rings (SSSR count). The van der Waals surface area contributed by atoms with E-state index in [1.165, 1.54) is 5.56 Å². The van der Waals surface area contributed by atoms with Gasteiger partial charge in [0.05, 0.1) is 27.4 Å². The summed E-state index contributed by atoms with van der Waals surface area (Å²) in [5.74, 6) is 1.11. The fourth-order valence-corrected chi connectivity index (χ4v) is 4.02. The first-order valence-electron chi connectivity index (χ1n) is 10.6. The van der Waals surface area contributed by atoms with Crippen LogP contribution >= 0.6 is 0 Å². The average Bonchev–Trinajstić information content (AvgIpc) is 2.83. The molecule has 2 aliphatic rings. The van der Waals surface area contributed by atoms with Crippen LogP contribution in [-0.4, -0.2) is 62.1 Å². The van der Waals surface area contributed by atoms with Gasteiger partial charge in [-0.3, -0.25) is 0 Å². The zero-order valence-corrected chi connectivity index (χ0v) is 18.7. The van der Waals surface area contributed by atoms with Crippen molar-refractivity contribution in [2.45, 2.75) is 50.8 Å². The van der Waals surface area contributed by atoms with Crippen LogP contribution in [0.4, 0.5) is 0 Å². The van der Waals surface area contributed by atoms with Gasteiger partial charge in [0.2, 0.25) is 0 Å². The van der Waals surface area contributed by atoms with Crippen LogP contribution in [-0.2, 0) is 18.9 Å². The van der Waals surface area contributed by atoms with Gasteiger partial charge in [-0.25, -0.2) is 0 Å². The lowest BCUT2D eigenvalue weighted by atomic mass is 9.99. The van der Waals surface area contributed by atoms with E-state index < -0.39 is 43.6 Å². The minimum atomic E-state index is -1.15. The Balaban J connectivity index is 1.57. The Labute approximate surface area is 187 Å². The van der Waals surface area contributed by atoms with Crippen LogP contribution in [0, 0.1) is 13.8 Å². The second-order valence-electron chi connectivity index (χ2n) is 8.08. The summed E-state index contributed by atoms with van der Waals surface area (Å²) < 4.78 is 35.0. The zero-order valence-electron chi connectivity index (χ0n) is 18.7. The van der Waals surface area contributed by atoms with Gasteiger partial charge in [-0.1, -0.05) is 24.3 Å². The summed E-state index contributed by atoms with van der Waals surface area (Å²) in [6, 6.07) is 11.3. The Morgan fingerprint density at radius 3 is 2.31 bits per heavy atom. The predicted octanol–water partition coefficient (Wildman–Crippen LogP) is 2.57. The van der Waals surface area contributed by atoms with Gasteiger partial charge < -0.3 is 38.6 Å². The quantitative estimate of drug-likeness (QED) is 0.699. The Morgan fingerprint density at radius 1 is 0.906 bits per heavy atom. The van der Waals surface area contributed by atoms with Gasteiger partial charge in [0, 0.05) is 11.1 Å². The van der Waals surface area contributed by atoms with Gasteiger partial charge in [-0.2, -0.15) is 0 Å². The van der Waals surface area contributed by atoms with Crippen molar-refractivity contribution >= 4 is 0 Å². The molecule has 0 radical (unpaired) electrons. The van der Waals surface area contributed by atoms with E-state index in [1.54, 1.807) is 32.4 Å². The number of aliphatic hydroxyl groups excluding tert-OH is 2. The van der Waals surface area contributed by atoms with Gasteiger partial charge in [-0.15, -0.1) is 0 Å². The number of aliphatic hydroxyl groups is 2. The molecule has 2 aromatic rings. The van der Waals surface area contributed by atoms with E-state index >= 15 is 0 Å². The van der Waals surface area contributed by atoms with Gasteiger partial charge >= 0.3 is 0 Å². The second kappa shape index (κ2) is 9.74. The molecule has 174 valence electrons. The van der Waals surface area contributed by atoms with Crippen LogP contribution < -0.4 is 9.47 Å². The summed E-state index contributed by atoms with van der Waals surface area (Å²) >= 11 is 0. The molecule has 2 heterocycles. The standard InChI is InChI=1S/C24H30O8/c1-13-5-6-15(9-14(13)2)23-29-12-20-22(32-23)21(17(26)11-25)31-24(30-20)16-7-8-18(27-3)19(10-16)28-4/h5-10,17,20-26H,11-12H2,1-4H3/t17-,20+,21-,22-,23?,24?/m1/s1. The Bertz CT molecular complexity index is 932. The van der Waals surface area contributed by atoms with Crippen LogP contribution in [0.1, 0.15) is 34.8 Å². The molecule has 2 aliphatic heterocycles. The fraction of sp³-hybridized carbons (Fsp3) is 0.500. The maximum atomic E-state index is 10.5. The Kier molecular flexibility index (Phi) is 6.99. The molecule has 0 bridgehead atoms. The normalized spacial score (nSPS) is 28.6. The molecule has 8 heteroatoms. The minimum Gasteiger partial charge on any atom is -0.493 e. The van der Waals surface area contributed by atoms with Crippen LogP contribution in [0.15, 0.2) is 36.4 Å². The molecule has 2 aromatic carbocycles. The van der Waals surface area contributed by atoms with Gasteiger partial charge in [0.1, 0.15) is 24.4 Å². The maximum absolute atomic E-state index is 10.5. The number of fused-ring (bicyclic) bond motifs is 1. The minimum absolute atomic E-state index is 0.254. The number of benzene rings is 2. The molecule has 8 nitrogen and oxygen atoms in total. The third-order valence-corrected chi connectivity index (χ3v) is 6.01. The summed E-state index contributed by atoms with van der Waals surface area (Å²) in [7, 11) is 3.11. The fourth-order valence-electron chi connectivity index (χ4n) is 4.02. The second-order valence-corrected chi connectivity index (χ2v) is 8.08. The summed E-state index contributed by atoms with van der Waals surface area (Å²) in [6.45, 7) is 3.86. The smallest absolute Gasteiger partial charge is 0.185 e. The zero-order chi connectivity index (χ0) is 22.8. The summed E-state index contributed by atoms with van der Waals surface area (Å²) in [4.78, 5) is 0. The predicted molar refractivity (Wildman–Crippen MR) is 115 cm³/mol. The summed E-state index contributed by atoms with van der Waals surface area (Å²) in [6.07, 6.45) is -4.48. The van der Waals surface area contributed by atoms with Crippen molar-refractivity contribution in [3.63, 3.8) is 0 Å². The SMILES string of the molecule is COc1ccc(C2O[C@H]([C@H](O)CO)[C@@H]3OC(c4ccc(C)c(C)c4)OC[C@@H]3O2)cc1OC. The molecule has 2 saturated heterocycles. The number of hydrogen-bond donors (Lipinski definition) is 2. The van der Waals surface area contributed by atoms with E-state index in [0.29, 0.717) is 17.1 Å². The number of methoxy groups -OCH3 is 2. The lowest BCUT2D eigenvalue weighted by Crippen LogP contribution is -2.58. The molecule has 0 amide bonds. The van der Waals surface area contributed by atoms with Crippen molar-refractivity contribution in [1.29, 1.82) is 0 Å². The lowest BCUT2D eigenvalue weighted by molar-refractivity contribution is -0.373. The van der Waals surface area contributed by atoms with Crippen LogP contribution in [0.2, 0.25) is 0 Å². The van der Waals surface area contributed by atoms with Gasteiger partial charge in [0.15, 0.2) is 24.1 Å². The highest BCUT2D eigenvalue weighted by atomic mass is 16.8. The van der Waals surface area contributed by atoms with E-state index in [2.05, 4.69) is 0 Å². The van der Waals surface area contributed by atoms with Gasteiger partial charge in [-0.05, 0) is 37.1 Å². The van der Waals surface area contributed by atoms with Gasteiger partial charge in [0.25, 0.3) is 0 Å². The molecule has 0 aliphatic carbocycles. The van der Waals surface area contributed by atoms with Crippen molar-refractivity contribution in [2.24, 2.45) is 0 Å². The van der Waals surface area contributed by atoms with Crippen molar-refractivity contribution in [2.75, 3.05) is 27.4 Å². The number of ether oxygens (including phenoxy) is 6. The first-order chi connectivity index (χ1) is 15.4. The highest BCUT2D eigenvalue weighted by molar-refractivity contribution is 5.43. The molecular formula is C24H30O8. The molecule has 32 heavy (non-hydrogen) atoms. The number of aryl methyl sites for hydroxylation is 2. The molecule has 2 fully saturated rings.